The Morgan fingerprint density at radius 3 is 2.77 bits per heavy atom. The van der Waals surface area contributed by atoms with Gasteiger partial charge in [0, 0.05) is 13.0 Å². The third kappa shape index (κ3) is 4.42. The summed E-state index contributed by atoms with van der Waals surface area (Å²) in [5, 5.41) is 0. The van der Waals surface area contributed by atoms with Gasteiger partial charge in [0.15, 0.2) is 0 Å². The van der Waals surface area contributed by atoms with E-state index in [4.69, 9.17) is 17.0 Å². The summed E-state index contributed by atoms with van der Waals surface area (Å²) in [5.41, 5.74) is 0.967. The van der Waals surface area contributed by atoms with E-state index in [0.29, 0.717) is 35.2 Å². The number of rotatable bonds is 6. The van der Waals surface area contributed by atoms with E-state index in [0.717, 1.165) is 5.56 Å². The zero-order valence-electron chi connectivity index (χ0n) is 12.3. The standard InChI is InChI=1S/C16H17NO3S2/c1-2-20-14(18)9-6-10-17-15(19)13(22-16(17)21)11-12-7-4-3-5-8-12/h3-5,7-8,11H,2,6,9-10H2,1H3/b13-11-. The Kier molecular flexibility index (Phi) is 6.15. The summed E-state index contributed by atoms with van der Waals surface area (Å²) in [7, 11) is 0. The molecule has 1 aromatic carbocycles. The van der Waals surface area contributed by atoms with E-state index in [9.17, 15) is 9.59 Å². The molecule has 0 saturated carbocycles. The molecule has 0 radical (unpaired) electrons. The first-order valence-electron chi connectivity index (χ1n) is 7.08. The van der Waals surface area contributed by atoms with Crippen molar-refractivity contribution in [1.29, 1.82) is 0 Å². The number of thiocarbonyl (C=S) groups is 1. The second kappa shape index (κ2) is 8.10. The summed E-state index contributed by atoms with van der Waals surface area (Å²) in [6.45, 7) is 2.59. The van der Waals surface area contributed by atoms with E-state index in [1.54, 1.807) is 11.8 Å². The van der Waals surface area contributed by atoms with Crippen LogP contribution in [0.25, 0.3) is 6.08 Å². The smallest absolute Gasteiger partial charge is 0.305 e. The first kappa shape index (κ1) is 16.7. The van der Waals surface area contributed by atoms with Gasteiger partial charge in [-0.15, -0.1) is 0 Å². The number of ether oxygens (including phenoxy) is 1. The zero-order valence-corrected chi connectivity index (χ0v) is 13.9. The van der Waals surface area contributed by atoms with Crippen LogP contribution in [0.5, 0.6) is 0 Å². The van der Waals surface area contributed by atoms with Crippen LogP contribution >= 0.6 is 24.0 Å². The fourth-order valence-electron chi connectivity index (χ4n) is 2.01. The van der Waals surface area contributed by atoms with Crippen LogP contribution < -0.4 is 0 Å². The normalized spacial score (nSPS) is 16.4. The van der Waals surface area contributed by atoms with Gasteiger partial charge in [-0.3, -0.25) is 14.5 Å². The molecule has 1 heterocycles. The monoisotopic (exact) mass is 335 g/mol. The predicted molar refractivity (Wildman–Crippen MR) is 92.2 cm³/mol. The Bertz CT molecular complexity index is 599. The molecule has 1 aromatic rings. The topological polar surface area (TPSA) is 46.6 Å². The second-order valence-corrected chi connectivity index (χ2v) is 6.33. The van der Waals surface area contributed by atoms with E-state index < -0.39 is 0 Å². The lowest BCUT2D eigenvalue weighted by Gasteiger charge is -2.13. The van der Waals surface area contributed by atoms with Gasteiger partial charge in [0.25, 0.3) is 5.91 Å². The van der Waals surface area contributed by atoms with E-state index in [1.165, 1.54) is 11.8 Å². The summed E-state index contributed by atoms with van der Waals surface area (Å²) in [6, 6.07) is 9.65. The lowest BCUT2D eigenvalue weighted by atomic mass is 10.2. The predicted octanol–water partition coefficient (Wildman–Crippen LogP) is 3.23. The molecule has 0 unspecified atom stereocenters. The van der Waals surface area contributed by atoms with Crippen LogP contribution in [0.1, 0.15) is 25.3 Å². The average molecular weight is 335 g/mol. The highest BCUT2D eigenvalue weighted by molar-refractivity contribution is 8.26. The number of hydrogen-bond donors (Lipinski definition) is 0. The van der Waals surface area contributed by atoms with Gasteiger partial charge in [-0.2, -0.15) is 0 Å². The van der Waals surface area contributed by atoms with Gasteiger partial charge in [0.1, 0.15) is 4.32 Å². The highest BCUT2D eigenvalue weighted by Crippen LogP contribution is 2.32. The summed E-state index contributed by atoms with van der Waals surface area (Å²) in [4.78, 5) is 25.8. The van der Waals surface area contributed by atoms with Crippen molar-refractivity contribution < 1.29 is 14.3 Å². The van der Waals surface area contributed by atoms with Gasteiger partial charge in [-0.25, -0.2) is 0 Å². The molecule has 22 heavy (non-hydrogen) atoms. The molecule has 0 aliphatic carbocycles. The molecule has 1 fully saturated rings. The van der Waals surface area contributed by atoms with Gasteiger partial charge in [-0.1, -0.05) is 54.3 Å². The minimum Gasteiger partial charge on any atom is -0.466 e. The van der Waals surface area contributed by atoms with Crippen molar-refractivity contribution in [2.24, 2.45) is 0 Å². The van der Waals surface area contributed by atoms with E-state index in [2.05, 4.69) is 0 Å². The van der Waals surface area contributed by atoms with Crippen molar-refractivity contribution >= 4 is 46.3 Å². The quantitative estimate of drug-likeness (QED) is 0.454. The van der Waals surface area contributed by atoms with Crippen LogP contribution in [-0.4, -0.2) is 34.2 Å². The number of hydrogen-bond acceptors (Lipinski definition) is 5. The number of amides is 1. The molecule has 0 atom stereocenters. The lowest BCUT2D eigenvalue weighted by Crippen LogP contribution is -2.29. The maximum absolute atomic E-state index is 12.4. The fraction of sp³-hybridized carbons (Fsp3) is 0.312. The molecule has 1 aliphatic heterocycles. The number of benzene rings is 1. The number of esters is 1. The highest BCUT2D eigenvalue weighted by atomic mass is 32.2. The Balaban J connectivity index is 1.94. The van der Waals surface area contributed by atoms with Crippen LogP contribution in [0.15, 0.2) is 35.2 Å². The molecule has 6 heteroatoms. The molecular formula is C16H17NO3S2. The largest absolute Gasteiger partial charge is 0.466 e. The van der Waals surface area contributed by atoms with Gasteiger partial charge in [-0.05, 0) is 25.0 Å². The number of thioether (sulfide) groups is 1. The van der Waals surface area contributed by atoms with Gasteiger partial charge in [0.2, 0.25) is 0 Å². The average Bonchev–Trinajstić information content (AvgIpc) is 2.76. The third-order valence-corrected chi connectivity index (χ3v) is 4.42. The Morgan fingerprint density at radius 1 is 1.36 bits per heavy atom. The first-order valence-corrected chi connectivity index (χ1v) is 8.30. The molecule has 1 saturated heterocycles. The van der Waals surface area contributed by atoms with Crippen molar-refractivity contribution in [1.82, 2.24) is 4.90 Å². The minimum absolute atomic E-state index is 0.0947. The van der Waals surface area contributed by atoms with Crippen molar-refractivity contribution in [3.63, 3.8) is 0 Å². The molecule has 0 spiro atoms. The van der Waals surface area contributed by atoms with Crippen molar-refractivity contribution in [3.8, 4) is 0 Å². The maximum atomic E-state index is 12.4. The Labute approximate surface area is 139 Å². The van der Waals surface area contributed by atoms with Crippen molar-refractivity contribution in [2.75, 3.05) is 13.2 Å². The van der Waals surface area contributed by atoms with Crippen LogP contribution in [0.2, 0.25) is 0 Å². The summed E-state index contributed by atoms with van der Waals surface area (Å²) in [6.07, 6.45) is 2.68. The van der Waals surface area contributed by atoms with E-state index in [-0.39, 0.29) is 11.9 Å². The minimum atomic E-state index is -0.243. The highest BCUT2D eigenvalue weighted by Gasteiger charge is 2.31. The second-order valence-electron chi connectivity index (χ2n) is 4.65. The molecule has 0 bridgehead atoms. The van der Waals surface area contributed by atoms with Crippen LogP contribution in [0.4, 0.5) is 0 Å². The maximum Gasteiger partial charge on any atom is 0.305 e. The molecule has 1 aliphatic rings. The SMILES string of the molecule is CCOC(=O)CCCN1C(=O)/C(=C/c2ccccc2)SC1=S. The van der Waals surface area contributed by atoms with E-state index in [1.807, 2.05) is 36.4 Å². The van der Waals surface area contributed by atoms with Gasteiger partial charge >= 0.3 is 5.97 Å². The molecule has 116 valence electrons. The number of nitrogens with zero attached hydrogens (tertiary/aromatic N) is 1. The van der Waals surface area contributed by atoms with E-state index >= 15 is 0 Å². The van der Waals surface area contributed by atoms with Crippen molar-refractivity contribution in [3.05, 3.63) is 40.8 Å². The molecule has 1 amide bonds. The molecule has 4 nitrogen and oxygen atoms in total. The van der Waals surface area contributed by atoms with Crippen LogP contribution in [-0.2, 0) is 14.3 Å². The molecular weight excluding hydrogens is 318 g/mol. The Morgan fingerprint density at radius 2 is 2.09 bits per heavy atom. The van der Waals surface area contributed by atoms with Gasteiger partial charge < -0.3 is 4.74 Å². The van der Waals surface area contributed by atoms with Crippen LogP contribution in [0, 0.1) is 0 Å². The summed E-state index contributed by atoms with van der Waals surface area (Å²) >= 11 is 6.55. The number of carbonyl (C=O) groups excluding carboxylic acids is 2. The van der Waals surface area contributed by atoms with Crippen molar-refractivity contribution in [2.45, 2.75) is 19.8 Å². The molecule has 0 aromatic heterocycles. The first-order chi connectivity index (χ1) is 10.6. The summed E-state index contributed by atoms with van der Waals surface area (Å²) in [5.74, 6) is -0.338. The zero-order chi connectivity index (χ0) is 15.9. The molecule has 2 rings (SSSR count). The lowest BCUT2D eigenvalue weighted by molar-refractivity contribution is -0.143. The number of carbonyl (C=O) groups is 2. The fourth-order valence-corrected chi connectivity index (χ4v) is 3.32. The third-order valence-electron chi connectivity index (χ3n) is 3.04. The molecule has 0 N–H and O–H groups in total. The Hall–Kier alpha value is -1.66. The summed E-state index contributed by atoms with van der Waals surface area (Å²) < 4.78 is 5.41. The van der Waals surface area contributed by atoms with Gasteiger partial charge in [0.05, 0.1) is 11.5 Å². The van der Waals surface area contributed by atoms with Crippen LogP contribution in [0.3, 0.4) is 0 Å².